The Morgan fingerprint density at radius 2 is 1.97 bits per heavy atom. The monoisotopic (exact) mass is 434 g/mol. The molecule has 2 fully saturated rings. The van der Waals surface area contributed by atoms with Crippen LogP contribution < -0.4 is 10.1 Å². The van der Waals surface area contributed by atoms with Crippen molar-refractivity contribution in [1.82, 2.24) is 20.2 Å². The summed E-state index contributed by atoms with van der Waals surface area (Å²) in [6.07, 6.45) is 3.99. The molecule has 0 unspecified atom stereocenters. The van der Waals surface area contributed by atoms with Gasteiger partial charge in [-0.05, 0) is 49.1 Å². The molecule has 2 aromatic carbocycles. The molecule has 3 aromatic rings. The van der Waals surface area contributed by atoms with E-state index in [-0.39, 0.29) is 30.3 Å². The van der Waals surface area contributed by atoms with Crippen LogP contribution in [-0.4, -0.2) is 45.4 Å². The summed E-state index contributed by atoms with van der Waals surface area (Å²) in [5.74, 6) is -0.216. The van der Waals surface area contributed by atoms with E-state index in [1.165, 1.54) is 18.5 Å². The molecule has 2 amide bonds. The van der Waals surface area contributed by atoms with E-state index in [0.29, 0.717) is 25.3 Å². The molecule has 3 heterocycles. The number of nitrogens with zero attached hydrogens (tertiary/aromatic N) is 3. The van der Waals surface area contributed by atoms with Crippen LogP contribution in [0, 0.1) is 5.82 Å². The van der Waals surface area contributed by atoms with E-state index < -0.39 is 5.54 Å². The van der Waals surface area contributed by atoms with Crippen molar-refractivity contribution in [1.29, 1.82) is 0 Å². The maximum absolute atomic E-state index is 13.6. The summed E-state index contributed by atoms with van der Waals surface area (Å²) in [7, 11) is 0. The van der Waals surface area contributed by atoms with Crippen molar-refractivity contribution in [3.63, 3.8) is 0 Å². The van der Waals surface area contributed by atoms with Crippen molar-refractivity contribution >= 4 is 22.7 Å². The molecule has 2 aliphatic heterocycles. The first kappa shape index (κ1) is 20.4. The average Bonchev–Trinajstić information content (AvgIpc) is 3.18. The van der Waals surface area contributed by atoms with Crippen LogP contribution in [0.2, 0.25) is 0 Å². The predicted molar refractivity (Wildman–Crippen MR) is 115 cm³/mol. The largest absolute Gasteiger partial charge is 0.467 e. The highest BCUT2D eigenvalue weighted by molar-refractivity contribution is 5.84. The van der Waals surface area contributed by atoms with Gasteiger partial charge < -0.3 is 15.0 Å². The molecule has 0 aliphatic carbocycles. The van der Waals surface area contributed by atoms with E-state index >= 15 is 0 Å². The summed E-state index contributed by atoms with van der Waals surface area (Å²) in [6, 6.07) is 13.2. The molecular weight excluding hydrogens is 411 g/mol. The van der Waals surface area contributed by atoms with Crippen molar-refractivity contribution in [2.24, 2.45) is 0 Å². The molecule has 1 spiro atoms. The standard InChI is InChI=1S/C24H23FN4O3/c25-17-8-6-16(7-9-17)22-24(12-10-20(30)28-24)11-3-13-29(22)21(31)14-32-23-18-4-1-2-5-19(18)26-15-27-23/h1-2,4-9,15,22H,3,10-14H2,(H,28,30)/t22-,24+/m1/s1. The summed E-state index contributed by atoms with van der Waals surface area (Å²) in [6.45, 7) is 0.342. The maximum atomic E-state index is 13.6. The zero-order chi connectivity index (χ0) is 22.1. The quantitative estimate of drug-likeness (QED) is 0.682. The first-order chi connectivity index (χ1) is 15.6. The molecule has 0 bridgehead atoms. The number of nitrogens with one attached hydrogen (secondary N) is 1. The van der Waals surface area contributed by atoms with E-state index in [1.807, 2.05) is 24.3 Å². The number of hydrogen-bond donors (Lipinski definition) is 1. The zero-order valence-corrected chi connectivity index (χ0v) is 17.5. The Morgan fingerprint density at radius 1 is 1.16 bits per heavy atom. The van der Waals surface area contributed by atoms with Gasteiger partial charge in [0.15, 0.2) is 6.61 Å². The SMILES string of the molecule is O=C1CC[C@]2(CCCN(C(=O)COc3ncnc4ccccc34)[C@@H]2c2ccc(F)cc2)N1. The molecule has 0 saturated carbocycles. The third-order valence-electron chi connectivity index (χ3n) is 6.39. The lowest BCUT2D eigenvalue weighted by Crippen LogP contribution is -2.58. The first-order valence-electron chi connectivity index (χ1n) is 10.7. The van der Waals surface area contributed by atoms with Crippen LogP contribution in [0.3, 0.4) is 0 Å². The lowest BCUT2D eigenvalue weighted by Gasteiger charge is -2.48. The second kappa shape index (κ2) is 8.18. The van der Waals surface area contributed by atoms with Gasteiger partial charge in [-0.1, -0.05) is 24.3 Å². The molecule has 1 N–H and O–H groups in total. The van der Waals surface area contributed by atoms with Crippen LogP contribution in [0.15, 0.2) is 54.9 Å². The first-order valence-corrected chi connectivity index (χ1v) is 10.7. The number of amides is 2. The fourth-order valence-electron chi connectivity index (χ4n) is 4.98. The van der Waals surface area contributed by atoms with Crippen LogP contribution in [-0.2, 0) is 9.59 Å². The Balaban J connectivity index is 1.42. The van der Waals surface area contributed by atoms with Crippen molar-refractivity contribution in [2.45, 2.75) is 37.3 Å². The number of likely N-dealkylation sites (tertiary alicyclic amines) is 1. The van der Waals surface area contributed by atoms with E-state index in [4.69, 9.17) is 4.74 Å². The molecule has 2 atom stereocenters. The minimum Gasteiger partial charge on any atom is -0.467 e. The van der Waals surface area contributed by atoms with Gasteiger partial charge in [-0.15, -0.1) is 0 Å². The summed E-state index contributed by atoms with van der Waals surface area (Å²) in [4.78, 5) is 35.7. The fraction of sp³-hybridized carbons (Fsp3) is 0.333. The smallest absolute Gasteiger partial charge is 0.261 e. The number of aromatic nitrogens is 2. The van der Waals surface area contributed by atoms with Crippen LogP contribution in [0.1, 0.15) is 37.3 Å². The molecule has 1 aromatic heterocycles. The molecule has 0 radical (unpaired) electrons. The Labute approximate surface area is 184 Å². The van der Waals surface area contributed by atoms with Crippen molar-refractivity contribution in [2.75, 3.05) is 13.2 Å². The van der Waals surface area contributed by atoms with Gasteiger partial charge in [-0.25, -0.2) is 14.4 Å². The highest BCUT2D eigenvalue weighted by Gasteiger charge is 2.50. The van der Waals surface area contributed by atoms with Gasteiger partial charge in [0, 0.05) is 13.0 Å². The molecule has 32 heavy (non-hydrogen) atoms. The van der Waals surface area contributed by atoms with Crippen molar-refractivity contribution < 1.29 is 18.7 Å². The number of halogens is 1. The van der Waals surface area contributed by atoms with E-state index in [1.54, 1.807) is 17.0 Å². The third kappa shape index (κ3) is 3.66. The predicted octanol–water partition coefficient (Wildman–Crippen LogP) is 3.16. The van der Waals surface area contributed by atoms with Crippen molar-refractivity contribution in [3.05, 3.63) is 66.2 Å². The van der Waals surface area contributed by atoms with Crippen LogP contribution in [0.4, 0.5) is 4.39 Å². The van der Waals surface area contributed by atoms with Gasteiger partial charge in [-0.2, -0.15) is 0 Å². The molecule has 2 aliphatic rings. The Morgan fingerprint density at radius 3 is 2.75 bits per heavy atom. The molecule has 7 nitrogen and oxygen atoms in total. The highest BCUT2D eigenvalue weighted by Crippen LogP contribution is 2.44. The van der Waals surface area contributed by atoms with E-state index in [9.17, 15) is 14.0 Å². The second-order valence-corrected chi connectivity index (χ2v) is 8.33. The summed E-state index contributed by atoms with van der Waals surface area (Å²) < 4.78 is 19.4. The minimum atomic E-state index is -0.551. The number of ether oxygens (including phenoxy) is 1. The number of carbonyl (C=O) groups is 2. The number of carbonyl (C=O) groups excluding carboxylic acids is 2. The van der Waals surface area contributed by atoms with Gasteiger partial charge in [0.25, 0.3) is 5.91 Å². The average molecular weight is 434 g/mol. The number of rotatable bonds is 4. The van der Waals surface area contributed by atoms with Crippen LogP contribution in [0.5, 0.6) is 5.88 Å². The lowest BCUT2D eigenvalue weighted by molar-refractivity contribution is -0.141. The summed E-state index contributed by atoms with van der Waals surface area (Å²) >= 11 is 0. The second-order valence-electron chi connectivity index (χ2n) is 8.33. The zero-order valence-electron chi connectivity index (χ0n) is 17.5. The normalized spacial score (nSPS) is 22.8. The molecule has 5 rings (SSSR count). The van der Waals surface area contributed by atoms with Crippen LogP contribution >= 0.6 is 0 Å². The Hall–Kier alpha value is -3.55. The van der Waals surface area contributed by atoms with Gasteiger partial charge in [0.1, 0.15) is 12.1 Å². The topological polar surface area (TPSA) is 84.4 Å². The number of piperidine rings is 1. The fourth-order valence-corrected chi connectivity index (χ4v) is 4.98. The summed E-state index contributed by atoms with van der Waals surface area (Å²) in [5.41, 5.74) is 0.985. The van der Waals surface area contributed by atoms with Crippen LogP contribution in [0.25, 0.3) is 10.9 Å². The minimum absolute atomic E-state index is 0.0184. The molecular formula is C24H23FN4O3. The third-order valence-corrected chi connectivity index (χ3v) is 6.39. The number of hydrogen-bond acceptors (Lipinski definition) is 5. The van der Waals surface area contributed by atoms with Gasteiger partial charge >= 0.3 is 0 Å². The number of benzene rings is 2. The van der Waals surface area contributed by atoms with Gasteiger partial charge in [0.2, 0.25) is 11.8 Å². The summed E-state index contributed by atoms with van der Waals surface area (Å²) in [5, 5.41) is 3.86. The van der Waals surface area contributed by atoms with Gasteiger partial charge in [0.05, 0.1) is 22.5 Å². The Kier molecular flexibility index (Phi) is 5.20. The van der Waals surface area contributed by atoms with Gasteiger partial charge in [-0.3, -0.25) is 9.59 Å². The maximum Gasteiger partial charge on any atom is 0.261 e. The van der Waals surface area contributed by atoms with E-state index in [0.717, 1.165) is 29.3 Å². The molecule has 8 heteroatoms. The molecule has 164 valence electrons. The highest BCUT2D eigenvalue weighted by atomic mass is 19.1. The number of fused-ring (bicyclic) bond motifs is 1. The number of para-hydroxylation sites is 1. The van der Waals surface area contributed by atoms with E-state index in [2.05, 4.69) is 15.3 Å². The Bertz CT molecular complexity index is 1160. The van der Waals surface area contributed by atoms with Crippen molar-refractivity contribution in [3.8, 4) is 5.88 Å². The molecule has 2 saturated heterocycles. The lowest BCUT2D eigenvalue weighted by atomic mass is 9.76.